The number of anilines is 1. The average Bonchev–Trinajstić information content (AvgIpc) is 2.68. The Morgan fingerprint density at radius 3 is 2.29 bits per heavy atom. The zero-order chi connectivity index (χ0) is 15.2. The highest BCUT2D eigenvalue weighted by atomic mass is 19.4. The number of piperidine rings is 1. The first-order valence-corrected chi connectivity index (χ1v) is 7.53. The zero-order valence-electron chi connectivity index (χ0n) is 12.4. The first-order chi connectivity index (χ1) is 9.90. The lowest BCUT2D eigenvalue weighted by Gasteiger charge is -2.41. The fraction of sp³-hybridized carbons (Fsp3) is 0.625. The normalized spacial score (nSPS) is 29.0. The second-order valence-electron chi connectivity index (χ2n) is 6.25. The molecule has 0 aromatic heterocycles. The highest BCUT2D eigenvalue weighted by Crippen LogP contribution is 2.42. The van der Waals surface area contributed by atoms with Crippen LogP contribution in [-0.2, 0) is 6.18 Å². The van der Waals surface area contributed by atoms with Gasteiger partial charge in [0, 0.05) is 23.8 Å². The van der Waals surface area contributed by atoms with Gasteiger partial charge in [-0.25, -0.2) is 0 Å². The van der Waals surface area contributed by atoms with Gasteiger partial charge >= 0.3 is 6.18 Å². The fourth-order valence-corrected chi connectivity index (χ4v) is 3.87. The molecule has 21 heavy (non-hydrogen) atoms. The molecular weight excluding hydrogens is 277 g/mol. The van der Waals surface area contributed by atoms with Gasteiger partial charge in [-0.1, -0.05) is 6.07 Å². The van der Waals surface area contributed by atoms with Crippen LogP contribution in [0.4, 0.5) is 18.9 Å². The molecule has 2 fully saturated rings. The van der Waals surface area contributed by atoms with Crippen LogP contribution in [0.1, 0.15) is 36.8 Å². The van der Waals surface area contributed by atoms with Gasteiger partial charge in [-0.3, -0.25) is 0 Å². The van der Waals surface area contributed by atoms with Gasteiger partial charge in [-0.2, -0.15) is 13.2 Å². The van der Waals surface area contributed by atoms with Crippen molar-refractivity contribution in [1.82, 2.24) is 5.32 Å². The predicted octanol–water partition coefficient (Wildman–Crippen LogP) is 3.73. The Kier molecular flexibility index (Phi) is 3.64. The van der Waals surface area contributed by atoms with Gasteiger partial charge in [-0.15, -0.1) is 0 Å². The molecule has 2 unspecified atom stereocenters. The molecule has 2 saturated heterocycles. The van der Waals surface area contributed by atoms with E-state index in [0.717, 1.165) is 36.9 Å². The van der Waals surface area contributed by atoms with Crippen molar-refractivity contribution in [3.63, 3.8) is 0 Å². The second-order valence-corrected chi connectivity index (χ2v) is 6.25. The Morgan fingerprint density at radius 1 is 1.14 bits per heavy atom. The Balaban J connectivity index is 1.94. The summed E-state index contributed by atoms with van der Waals surface area (Å²) in [6.45, 7) is 1.90. The van der Waals surface area contributed by atoms with Gasteiger partial charge in [0.1, 0.15) is 0 Å². The third kappa shape index (κ3) is 2.63. The number of alkyl halides is 3. The Bertz CT molecular complexity index is 513. The quantitative estimate of drug-likeness (QED) is 0.895. The van der Waals surface area contributed by atoms with E-state index in [2.05, 4.69) is 10.2 Å². The summed E-state index contributed by atoms with van der Waals surface area (Å²) in [4.78, 5) is 2.25. The zero-order valence-corrected chi connectivity index (χ0v) is 12.4. The molecule has 0 spiro atoms. The molecular formula is C16H21F3N2. The number of benzene rings is 1. The van der Waals surface area contributed by atoms with Crippen LogP contribution >= 0.6 is 0 Å². The number of nitrogens with zero attached hydrogens (tertiary/aromatic N) is 1. The van der Waals surface area contributed by atoms with Crippen LogP contribution < -0.4 is 10.2 Å². The van der Waals surface area contributed by atoms with E-state index in [4.69, 9.17) is 0 Å². The van der Waals surface area contributed by atoms with Crippen molar-refractivity contribution in [2.75, 3.05) is 11.9 Å². The lowest BCUT2D eigenvalue weighted by atomic mass is 9.95. The minimum atomic E-state index is -4.27. The molecule has 2 heterocycles. The van der Waals surface area contributed by atoms with Gasteiger partial charge < -0.3 is 10.2 Å². The molecule has 0 saturated carbocycles. The van der Waals surface area contributed by atoms with E-state index in [9.17, 15) is 13.2 Å². The van der Waals surface area contributed by atoms with Gasteiger partial charge in [0.2, 0.25) is 0 Å². The summed E-state index contributed by atoms with van der Waals surface area (Å²) in [5.41, 5.74) is 1.16. The van der Waals surface area contributed by atoms with Crippen molar-refractivity contribution in [2.24, 2.45) is 0 Å². The molecule has 2 aliphatic heterocycles. The number of nitrogens with one attached hydrogen (secondary N) is 1. The van der Waals surface area contributed by atoms with Gasteiger partial charge in [0.05, 0.1) is 5.56 Å². The van der Waals surface area contributed by atoms with E-state index in [0.29, 0.717) is 18.1 Å². The van der Waals surface area contributed by atoms with Gasteiger partial charge in [0.15, 0.2) is 0 Å². The third-order valence-electron chi connectivity index (χ3n) is 4.96. The van der Waals surface area contributed by atoms with Crippen LogP contribution in [0.15, 0.2) is 18.2 Å². The van der Waals surface area contributed by atoms with E-state index < -0.39 is 11.7 Å². The van der Waals surface area contributed by atoms with E-state index in [1.54, 1.807) is 6.07 Å². The van der Waals surface area contributed by atoms with Gasteiger partial charge in [-0.05, 0) is 57.4 Å². The Morgan fingerprint density at radius 2 is 1.76 bits per heavy atom. The van der Waals surface area contributed by atoms with Crippen LogP contribution in [-0.4, -0.2) is 25.2 Å². The third-order valence-corrected chi connectivity index (χ3v) is 4.96. The minimum absolute atomic E-state index is 0.364. The molecule has 5 heteroatoms. The smallest absolute Gasteiger partial charge is 0.365 e. The molecule has 1 aromatic carbocycles. The summed E-state index contributed by atoms with van der Waals surface area (Å²) in [7, 11) is 1.97. The second kappa shape index (κ2) is 5.20. The summed E-state index contributed by atoms with van der Waals surface area (Å²) in [6, 6.07) is 5.33. The lowest BCUT2D eigenvalue weighted by molar-refractivity contribution is -0.137. The van der Waals surface area contributed by atoms with E-state index >= 15 is 0 Å². The van der Waals surface area contributed by atoms with Crippen molar-refractivity contribution in [3.8, 4) is 0 Å². The van der Waals surface area contributed by atoms with Crippen molar-refractivity contribution in [2.45, 2.75) is 56.9 Å². The molecule has 0 radical (unpaired) electrons. The maximum absolute atomic E-state index is 13.0. The first kappa shape index (κ1) is 14.7. The number of fused-ring (bicyclic) bond motifs is 2. The monoisotopic (exact) mass is 298 g/mol. The molecule has 1 N–H and O–H groups in total. The average molecular weight is 298 g/mol. The van der Waals surface area contributed by atoms with Crippen LogP contribution in [0.25, 0.3) is 0 Å². The molecule has 2 atom stereocenters. The van der Waals surface area contributed by atoms with Crippen molar-refractivity contribution in [1.29, 1.82) is 0 Å². The number of hydrogen-bond acceptors (Lipinski definition) is 2. The summed E-state index contributed by atoms with van der Waals surface area (Å²) >= 11 is 0. The van der Waals surface area contributed by atoms with Crippen LogP contribution in [0.2, 0.25) is 0 Å². The molecule has 0 amide bonds. The maximum atomic E-state index is 13.0. The van der Waals surface area contributed by atoms with Crippen molar-refractivity contribution < 1.29 is 13.2 Å². The van der Waals surface area contributed by atoms with E-state index in [1.165, 1.54) is 12.1 Å². The molecule has 2 bridgehead atoms. The first-order valence-electron chi connectivity index (χ1n) is 7.53. The van der Waals surface area contributed by atoms with E-state index in [-0.39, 0.29) is 0 Å². The lowest BCUT2D eigenvalue weighted by Crippen LogP contribution is -2.48. The highest BCUT2D eigenvalue weighted by Gasteiger charge is 2.41. The summed E-state index contributed by atoms with van der Waals surface area (Å²) in [5, 5.41) is 3.32. The summed E-state index contributed by atoms with van der Waals surface area (Å²) in [6.07, 6.45) is -0.0762. The number of aryl methyl sites for hydroxylation is 1. The SMILES string of the molecule is CNC1CC2CCC(C1)N2c1cc(C(F)(F)F)ccc1C. The van der Waals surface area contributed by atoms with Crippen molar-refractivity contribution >= 4 is 5.69 Å². The largest absolute Gasteiger partial charge is 0.416 e. The fourth-order valence-electron chi connectivity index (χ4n) is 3.87. The number of rotatable bonds is 2. The topological polar surface area (TPSA) is 15.3 Å². The number of halogens is 3. The molecule has 3 rings (SSSR count). The summed E-state index contributed by atoms with van der Waals surface area (Å²) in [5.74, 6) is 0. The Labute approximate surface area is 123 Å². The van der Waals surface area contributed by atoms with Gasteiger partial charge in [0.25, 0.3) is 0 Å². The van der Waals surface area contributed by atoms with Crippen LogP contribution in [0, 0.1) is 6.92 Å². The highest BCUT2D eigenvalue weighted by molar-refractivity contribution is 5.58. The molecule has 1 aromatic rings. The van der Waals surface area contributed by atoms with Crippen LogP contribution in [0.3, 0.4) is 0 Å². The predicted molar refractivity (Wildman–Crippen MR) is 77.6 cm³/mol. The maximum Gasteiger partial charge on any atom is 0.416 e. The van der Waals surface area contributed by atoms with Crippen molar-refractivity contribution in [3.05, 3.63) is 29.3 Å². The van der Waals surface area contributed by atoms with E-state index in [1.807, 2.05) is 14.0 Å². The number of hydrogen-bond donors (Lipinski definition) is 1. The molecule has 2 aliphatic rings. The summed E-state index contributed by atoms with van der Waals surface area (Å²) < 4.78 is 38.9. The molecule has 116 valence electrons. The Hall–Kier alpha value is -1.23. The minimum Gasteiger partial charge on any atom is -0.365 e. The molecule has 2 nitrogen and oxygen atoms in total. The standard InChI is InChI=1S/C16H21F3N2/c1-10-3-4-11(16(17,18)19)7-15(10)21-13-5-6-14(21)9-12(8-13)20-2/h3-4,7,12-14,20H,5-6,8-9H2,1-2H3. The van der Waals surface area contributed by atoms with Crippen LogP contribution in [0.5, 0.6) is 0 Å². The molecule has 0 aliphatic carbocycles.